The summed E-state index contributed by atoms with van der Waals surface area (Å²) in [7, 11) is 1.89. The zero-order valence-corrected chi connectivity index (χ0v) is 14.1. The van der Waals surface area contributed by atoms with Crippen LogP contribution in [0.4, 0.5) is 4.79 Å². The fourth-order valence-corrected chi connectivity index (χ4v) is 2.86. The van der Waals surface area contributed by atoms with E-state index < -0.39 is 6.41 Å². The SMILES string of the molecule is CC(=O)N(CCC(C)CN(C)C1=C2C=CNC2NC(=O)N1)C(O)O. The van der Waals surface area contributed by atoms with Crippen molar-refractivity contribution in [2.24, 2.45) is 5.92 Å². The molecule has 2 heterocycles. The molecule has 2 aliphatic heterocycles. The van der Waals surface area contributed by atoms with Crippen LogP contribution in [0.15, 0.2) is 23.7 Å². The van der Waals surface area contributed by atoms with Gasteiger partial charge in [-0.2, -0.15) is 0 Å². The van der Waals surface area contributed by atoms with Crippen LogP contribution in [-0.4, -0.2) is 64.7 Å². The zero-order chi connectivity index (χ0) is 17.9. The van der Waals surface area contributed by atoms with Crippen LogP contribution in [0.5, 0.6) is 0 Å². The second-order valence-electron chi connectivity index (χ2n) is 6.17. The highest BCUT2D eigenvalue weighted by Gasteiger charge is 2.29. The van der Waals surface area contributed by atoms with Crippen molar-refractivity contribution in [1.29, 1.82) is 0 Å². The molecule has 0 radical (unpaired) electrons. The van der Waals surface area contributed by atoms with Crippen molar-refractivity contribution >= 4 is 11.9 Å². The van der Waals surface area contributed by atoms with Crippen molar-refractivity contribution in [3.8, 4) is 0 Å². The molecule has 0 saturated heterocycles. The van der Waals surface area contributed by atoms with Gasteiger partial charge in [-0.15, -0.1) is 0 Å². The van der Waals surface area contributed by atoms with Gasteiger partial charge in [0.2, 0.25) is 12.3 Å². The Bertz CT molecular complexity index is 560. The number of rotatable bonds is 7. The number of carbonyl (C=O) groups is 2. The Kier molecular flexibility index (Phi) is 5.68. The summed E-state index contributed by atoms with van der Waals surface area (Å²) in [5.74, 6) is 0.529. The number of nitrogens with zero attached hydrogens (tertiary/aromatic N) is 2. The molecule has 2 unspecified atom stereocenters. The Morgan fingerprint density at radius 3 is 2.75 bits per heavy atom. The number of fused-ring (bicyclic) bond motifs is 1. The lowest BCUT2D eigenvalue weighted by Crippen LogP contribution is -2.54. The van der Waals surface area contributed by atoms with E-state index in [0.717, 1.165) is 16.3 Å². The second kappa shape index (κ2) is 7.54. The third kappa shape index (κ3) is 4.18. The summed E-state index contributed by atoms with van der Waals surface area (Å²) in [4.78, 5) is 26.0. The van der Waals surface area contributed by atoms with Crippen LogP contribution in [0.2, 0.25) is 0 Å². The number of hydrogen-bond donors (Lipinski definition) is 5. The van der Waals surface area contributed by atoms with E-state index in [0.29, 0.717) is 13.0 Å². The molecule has 0 aromatic heterocycles. The van der Waals surface area contributed by atoms with Crippen molar-refractivity contribution in [2.45, 2.75) is 32.8 Å². The monoisotopic (exact) mass is 339 g/mol. The average Bonchev–Trinajstić information content (AvgIpc) is 2.93. The molecule has 0 saturated carbocycles. The van der Waals surface area contributed by atoms with E-state index in [2.05, 4.69) is 16.0 Å². The van der Waals surface area contributed by atoms with Gasteiger partial charge >= 0.3 is 6.03 Å². The third-order valence-electron chi connectivity index (χ3n) is 4.13. The summed E-state index contributed by atoms with van der Waals surface area (Å²) in [5.41, 5.74) is 0.959. The van der Waals surface area contributed by atoms with Crippen molar-refractivity contribution in [2.75, 3.05) is 20.1 Å². The Hall–Kier alpha value is -2.26. The Morgan fingerprint density at radius 2 is 2.12 bits per heavy atom. The summed E-state index contributed by atoms with van der Waals surface area (Å²) < 4.78 is 0. The molecule has 0 aliphatic carbocycles. The van der Waals surface area contributed by atoms with E-state index in [9.17, 15) is 19.8 Å². The van der Waals surface area contributed by atoms with Crippen molar-refractivity contribution < 1.29 is 19.8 Å². The van der Waals surface area contributed by atoms with Crippen LogP contribution in [0.25, 0.3) is 0 Å². The number of nitrogens with one attached hydrogen (secondary N) is 3. The molecule has 2 rings (SSSR count). The van der Waals surface area contributed by atoms with E-state index in [-0.39, 0.29) is 30.6 Å². The first-order valence-electron chi connectivity index (χ1n) is 7.88. The van der Waals surface area contributed by atoms with Crippen molar-refractivity contribution in [1.82, 2.24) is 25.8 Å². The molecule has 9 heteroatoms. The van der Waals surface area contributed by atoms with Crippen LogP contribution in [0.3, 0.4) is 0 Å². The predicted octanol–water partition coefficient (Wildman–Crippen LogP) is -0.971. The molecule has 5 N–H and O–H groups in total. The Labute approximate surface area is 141 Å². The first-order chi connectivity index (χ1) is 11.3. The molecule has 0 aromatic carbocycles. The maximum atomic E-state index is 11.7. The maximum Gasteiger partial charge on any atom is 0.322 e. The average molecular weight is 339 g/mol. The largest absolute Gasteiger partial charge is 0.367 e. The highest BCUT2D eigenvalue weighted by molar-refractivity contribution is 5.79. The van der Waals surface area contributed by atoms with Gasteiger partial charge in [-0.1, -0.05) is 6.92 Å². The fraction of sp³-hybridized carbons (Fsp3) is 0.600. The molecule has 3 amide bonds. The molecule has 24 heavy (non-hydrogen) atoms. The summed E-state index contributed by atoms with van der Waals surface area (Å²) >= 11 is 0. The molecule has 2 atom stereocenters. The van der Waals surface area contributed by atoms with E-state index in [1.807, 2.05) is 24.9 Å². The third-order valence-corrected chi connectivity index (χ3v) is 4.13. The lowest BCUT2D eigenvalue weighted by Gasteiger charge is -2.33. The summed E-state index contributed by atoms with van der Waals surface area (Å²) in [5, 5.41) is 27.0. The number of hydrogen-bond acceptors (Lipinski definition) is 6. The molecule has 134 valence electrons. The minimum Gasteiger partial charge on any atom is -0.367 e. The first-order valence-corrected chi connectivity index (χ1v) is 7.88. The van der Waals surface area contributed by atoms with Crippen LogP contribution in [0.1, 0.15) is 20.3 Å². The topological polar surface area (TPSA) is 117 Å². The van der Waals surface area contributed by atoms with Gasteiger partial charge in [0.15, 0.2) is 0 Å². The number of carbonyl (C=O) groups excluding carboxylic acids is 2. The molecule has 0 fully saturated rings. The normalized spacial score (nSPS) is 20.2. The quantitative estimate of drug-likeness (QED) is 0.381. The lowest BCUT2D eigenvalue weighted by molar-refractivity contribution is -0.175. The summed E-state index contributed by atoms with van der Waals surface area (Å²) in [6.45, 7) is 4.21. The molecule has 0 bridgehead atoms. The van der Waals surface area contributed by atoms with Crippen LogP contribution < -0.4 is 16.0 Å². The van der Waals surface area contributed by atoms with Gasteiger partial charge < -0.3 is 25.7 Å². The molecule has 9 nitrogen and oxygen atoms in total. The van der Waals surface area contributed by atoms with E-state index in [1.54, 1.807) is 6.20 Å². The van der Waals surface area contributed by atoms with Crippen molar-refractivity contribution in [3.05, 3.63) is 23.7 Å². The molecule has 2 aliphatic rings. The number of urea groups is 1. The fourth-order valence-electron chi connectivity index (χ4n) is 2.86. The number of aliphatic hydroxyl groups excluding tert-OH is 1. The van der Waals surface area contributed by atoms with Gasteiger partial charge in [0.05, 0.1) is 0 Å². The zero-order valence-electron chi connectivity index (χ0n) is 14.1. The lowest BCUT2D eigenvalue weighted by atomic mass is 10.1. The summed E-state index contributed by atoms with van der Waals surface area (Å²) in [6.07, 6.45) is 2.31. The predicted molar refractivity (Wildman–Crippen MR) is 86.8 cm³/mol. The van der Waals surface area contributed by atoms with Gasteiger partial charge in [-0.25, -0.2) is 4.79 Å². The molecule has 0 aromatic rings. The summed E-state index contributed by atoms with van der Waals surface area (Å²) in [6, 6.07) is -0.263. The van der Waals surface area contributed by atoms with Crippen molar-refractivity contribution in [3.63, 3.8) is 0 Å². The van der Waals surface area contributed by atoms with Gasteiger partial charge in [0.25, 0.3) is 0 Å². The van der Waals surface area contributed by atoms with Crippen LogP contribution in [-0.2, 0) is 4.79 Å². The van der Waals surface area contributed by atoms with Gasteiger partial charge in [-0.05, 0) is 24.6 Å². The van der Waals surface area contributed by atoms with E-state index >= 15 is 0 Å². The van der Waals surface area contributed by atoms with Crippen LogP contribution in [0, 0.1) is 5.92 Å². The number of aliphatic hydroxyl groups is 2. The minimum atomic E-state index is -1.78. The van der Waals surface area contributed by atoms with Gasteiger partial charge in [0, 0.05) is 32.6 Å². The molecule has 0 spiro atoms. The van der Waals surface area contributed by atoms with Gasteiger partial charge in [-0.3, -0.25) is 15.0 Å². The highest BCUT2D eigenvalue weighted by atomic mass is 16.5. The smallest absolute Gasteiger partial charge is 0.322 e. The molecular formula is C15H25N5O4. The minimum absolute atomic E-state index is 0.173. The first kappa shape index (κ1) is 18.1. The Balaban J connectivity index is 1.94. The van der Waals surface area contributed by atoms with Gasteiger partial charge in [0.1, 0.15) is 12.0 Å². The van der Waals surface area contributed by atoms with E-state index in [1.165, 1.54) is 6.92 Å². The highest BCUT2D eigenvalue weighted by Crippen LogP contribution is 2.19. The second-order valence-corrected chi connectivity index (χ2v) is 6.17. The van der Waals surface area contributed by atoms with Crippen LogP contribution >= 0.6 is 0 Å². The van der Waals surface area contributed by atoms with E-state index in [4.69, 9.17) is 0 Å². The standard InChI is InChI=1S/C15H25N5O4/c1-9(5-7-20(10(2)21)15(23)24)8-19(3)13-11-4-6-16-12(11)17-14(22)18-13/h4,6,9,12,15-16,23-24H,5,7-8H2,1-3H3,(H2,17,18,22). The maximum absolute atomic E-state index is 11.7. The molecular weight excluding hydrogens is 314 g/mol. The Morgan fingerprint density at radius 1 is 1.42 bits per heavy atom. The number of amides is 3.